The molecule has 3 nitrogen and oxygen atoms in total. The fourth-order valence-corrected chi connectivity index (χ4v) is 2.29. The lowest BCUT2D eigenvalue weighted by atomic mass is 10.0. The average molecular weight is 279 g/mol. The Morgan fingerprint density at radius 1 is 1.00 bits per heavy atom. The Hall–Kier alpha value is -1.22. The fraction of sp³-hybridized carbons (Fsp3) is 0.647. The van der Waals surface area contributed by atoms with E-state index in [0.29, 0.717) is 6.04 Å². The zero-order valence-corrected chi connectivity index (χ0v) is 13.3. The molecule has 20 heavy (non-hydrogen) atoms. The van der Waals surface area contributed by atoms with E-state index < -0.39 is 0 Å². The zero-order valence-electron chi connectivity index (χ0n) is 13.3. The highest BCUT2D eigenvalue weighted by Gasteiger charge is 2.19. The van der Waals surface area contributed by atoms with Crippen molar-refractivity contribution in [3.63, 3.8) is 0 Å². The first-order chi connectivity index (χ1) is 9.74. The molecular formula is C17H29NO2. The maximum Gasteiger partial charge on any atom is 0.120 e. The summed E-state index contributed by atoms with van der Waals surface area (Å²) in [5, 5.41) is 3.36. The zero-order chi connectivity index (χ0) is 14.8. The quantitative estimate of drug-likeness (QED) is 0.701. The van der Waals surface area contributed by atoms with E-state index in [2.05, 4.69) is 26.1 Å². The van der Waals surface area contributed by atoms with Gasteiger partial charge in [0.2, 0.25) is 0 Å². The Bertz CT molecular complexity index is 351. The van der Waals surface area contributed by atoms with Crippen LogP contribution in [-0.4, -0.2) is 25.8 Å². The minimum absolute atomic E-state index is 0.211. The van der Waals surface area contributed by atoms with Crippen LogP contribution in [0.15, 0.2) is 24.3 Å². The lowest BCUT2D eigenvalue weighted by Crippen LogP contribution is -2.40. The van der Waals surface area contributed by atoms with Crippen LogP contribution in [0.2, 0.25) is 0 Å². The molecule has 2 unspecified atom stereocenters. The Balaban J connectivity index is 2.60. The Morgan fingerprint density at radius 3 is 2.15 bits per heavy atom. The van der Waals surface area contributed by atoms with E-state index in [-0.39, 0.29) is 6.10 Å². The third kappa shape index (κ3) is 5.41. The standard InChI is InChI=1S/C17H29NO2/c1-5-8-16(18-4)17(7-3)20-15-11-9-14(10-12-15)19-13-6-2/h9-12,16-18H,5-8,13H2,1-4H3. The van der Waals surface area contributed by atoms with Gasteiger partial charge in [0.15, 0.2) is 0 Å². The van der Waals surface area contributed by atoms with Gasteiger partial charge in [-0.3, -0.25) is 0 Å². The molecule has 0 saturated carbocycles. The fourth-order valence-electron chi connectivity index (χ4n) is 2.29. The third-order valence-corrected chi connectivity index (χ3v) is 3.41. The van der Waals surface area contributed by atoms with E-state index in [1.165, 1.54) is 0 Å². The smallest absolute Gasteiger partial charge is 0.120 e. The van der Waals surface area contributed by atoms with Gasteiger partial charge in [0.05, 0.1) is 6.61 Å². The molecule has 0 bridgehead atoms. The molecule has 0 saturated heterocycles. The summed E-state index contributed by atoms with van der Waals surface area (Å²) in [4.78, 5) is 0. The van der Waals surface area contributed by atoms with Gasteiger partial charge in [0.1, 0.15) is 17.6 Å². The highest BCUT2D eigenvalue weighted by molar-refractivity contribution is 5.31. The summed E-state index contributed by atoms with van der Waals surface area (Å²) in [6, 6.07) is 8.34. The van der Waals surface area contributed by atoms with Crippen molar-refractivity contribution in [2.45, 2.75) is 58.6 Å². The highest BCUT2D eigenvalue weighted by atomic mass is 16.5. The van der Waals surface area contributed by atoms with E-state index in [9.17, 15) is 0 Å². The molecule has 3 heteroatoms. The number of ether oxygens (including phenoxy) is 2. The molecule has 1 aromatic carbocycles. The highest BCUT2D eigenvalue weighted by Crippen LogP contribution is 2.21. The maximum absolute atomic E-state index is 6.11. The second-order valence-corrected chi connectivity index (χ2v) is 5.07. The van der Waals surface area contributed by atoms with Gasteiger partial charge in [-0.25, -0.2) is 0 Å². The van der Waals surface area contributed by atoms with E-state index in [1.54, 1.807) is 0 Å². The van der Waals surface area contributed by atoms with Gasteiger partial charge in [-0.2, -0.15) is 0 Å². The first kappa shape index (κ1) is 16.8. The molecule has 1 N–H and O–H groups in total. The molecule has 0 aromatic heterocycles. The Labute approximate surface area is 123 Å². The Morgan fingerprint density at radius 2 is 1.65 bits per heavy atom. The number of hydrogen-bond donors (Lipinski definition) is 1. The molecule has 114 valence electrons. The summed E-state index contributed by atoms with van der Waals surface area (Å²) < 4.78 is 11.7. The molecule has 2 atom stereocenters. The predicted octanol–water partition coefficient (Wildman–Crippen LogP) is 4.02. The number of rotatable bonds is 10. The molecular weight excluding hydrogens is 250 g/mol. The van der Waals surface area contributed by atoms with Crippen LogP contribution in [0.1, 0.15) is 46.5 Å². The second-order valence-electron chi connectivity index (χ2n) is 5.07. The molecule has 0 fully saturated rings. The predicted molar refractivity (Wildman–Crippen MR) is 84.7 cm³/mol. The van der Waals surface area contributed by atoms with Crippen molar-refractivity contribution in [2.24, 2.45) is 0 Å². The van der Waals surface area contributed by atoms with Crippen LogP contribution in [0.4, 0.5) is 0 Å². The van der Waals surface area contributed by atoms with Crippen molar-refractivity contribution in [2.75, 3.05) is 13.7 Å². The topological polar surface area (TPSA) is 30.5 Å². The molecule has 0 spiro atoms. The normalized spacial score (nSPS) is 13.8. The Kier molecular flexibility index (Phi) is 8.12. The monoisotopic (exact) mass is 279 g/mol. The summed E-state index contributed by atoms with van der Waals surface area (Å²) in [7, 11) is 2.01. The van der Waals surface area contributed by atoms with Crippen LogP contribution in [0.3, 0.4) is 0 Å². The minimum atomic E-state index is 0.211. The first-order valence-electron chi connectivity index (χ1n) is 7.81. The molecule has 0 heterocycles. The van der Waals surface area contributed by atoms with E-state index in [4.69, 9.17) is 9.47 Å². The summed E-state index contributed by atoms with van der Waals surface area (Å²) in [6.45, 7) is 7.24. The van der Waals surface area contributed by atoms with Gasteiger partial charge in [-0.05, 0) is 50.6 Å². The van der Waals surface area contributed by atoms with Gasteiger partial charge in [0, 0.05) is 6.04 Å². The van der Waals surface area contributed by atoms with Crippen molar-refractivity contribution in [1.29, 1.82) is 0 Å². The van der Waals surface area contributed by atoms with E-state index in [0.717, 1.165) is 43.8 Å². The van der Waals surface area contributed by atoms with Gasteiger partial charge < -0.3 is 14.8 Å². The van der Waals surface area contributed by atoms with Crippen LogP contribution in [-0.2, 0) is 0 Å². The summed E-state index contributed by atoms with van der Waals surface area (Å²) in [6.07, 6.45) is 4.53. The van der Waals surface area contributed by atoms with Crippen molar-refractivity contribution in [3.8, 4) is 11.5 Å². The van der Waals surface area contributed by atoms with Crippen molar-refractivity contribution in [1.82, 2.24) is 5.32 Å². The van der Waals surface area contributed by atoms with Gasteiger partial charge >= 0.3 is 0 Å². The number of likely N-dealkylation sites (N-methyl/N-ethyl adjacent to an activating group) is 1. The van der Waals surface area contributed by atoms with Gasteiger partial charge in [-0.1, -0.05) is 27.2 Å². The molecule has 0 radical (unpaired) electrons. The lowest BCUT2D eigenvalue weighted by Gasteiger charge is -2.26. The summed E-state index contributed by atoms with van der Waals surface area (Å²) in [5.74, 6) is 1.82. The maximum atomic E-state index is 6.11. The van der Waals surface area contributed by atoms with Gasteiger partial charge in [0.25, 0.3) is 0 Å². The first-order valence-corrected chi connectivity index (χ1v) is 7.81. The molecule has 0 aliphatic rings. The van der Waals surface area contributed by atoms with E-state index in [1.807, 2.05) is 31.3 Å². The molecule has 0 aliphatic heterocycles. The van der Waals surface area contributed by atoms with Crippen molar-refractivity contribution < 1.29 is 9.47 Å². The average Bonchev–Trinajstić information content (AvgIpc) is 2.49. The van der Waals surface area contributed by atoms with E-state index >= 15 is 0 Å². The molecule has 0 amide bonds. The molecule has 0 aliphatic carbocycles. The molecule has 1 rings (SSSR count). The number of hydrogen-bond acceptors (Lipinski definition) is 3. The lowest BCUT2D eigenvalue weighted by molar-refractivity contribution is 0.146. The van der Waals surface area contributed by atoms with Crippen LogP contribution in [0.5, 0.6) is 11.5 Å². The van der Waals surface area contributed by atoms with Gasteiger partial charge in [-0.15, -0.1) is 0 Å². The van der Waals surface area contributed by atoms with Crippen LogP contribution < -0.4 is 14.8 Å². The van der Waals surface area contributed by atoms with Crippen LogP contribution in [0, 0.1) is 0 Å². The summed E-state index contributed by atoms with van der Waals surface area (Å²) in [5.41, 5.74) is 0. The minimum Gasteiger partial charge on any atom is -0.494 e. The largest absolute Gasteiger partial charge is 0.494 e. The number of benzene rings is 1. The van der Waals surface area contributed by atoms with Crippen molar-refractivity contribution in [3.05, 3.63) is 24.3 Å². The molecule has 1 aromatic rings. The SMILES string of the molecule is CCCOc1ccc(OC(CC)C(CCC)NC)cc1. The third-order valence-electron chi connectivity index (χ3n) is 3.41. The number of nitrogens with one attached hydrogen (secondary N) is 1. The van der Waals surface area contributed by atoms with Crippen molar-refractivity contribution >= 4 is 0 Å². The van der Waals surface area contributed by atoms with Crippen LogP contribution in [0.25, 0.3) is 0 Å². The second kappa shape index (κ2) is 9.65. The van der Waals surface area contributed by atoms with Crippen LogP contribution >= 0.6 is 0 Å². The summed E-state index contributed by atoms with van der Waals surface area (Å²) >= 11 is 0.